The first-order chi connectivity index (χ1) is 8.16. The van der Waals surface area contributed by atoms with Gasteiger partial charge in [-0.05, 0) is 49.4 Å². The molecule has 2 rings (SSSR count). The molecule has 106 valence electrons. The number of rotatable bonds is 1. The van der Waals surface area contributed by atoms with E-state index in [-0.39, 0.29) is 29.5 Å². The topological polar surface area (TPSA) is 60.7 Å². The van der Waals surface area contributed by atoms with Gasteiger partial charge in [0.25, 0.3) is 0 Å². The minimum absolute atomic E-state index is 0.0339. The molecule has 0 radical (unpaired) electrons. The molecule has 3 nitrogen and oxygen atoms in total. The van der Waals surface area contributed by atoms with Crippen molar-refractivity contribution in [2.45, 2.75) is 65.1 Å². The van der Waals surface area contributed by atoms with Gasteiger partial charge in [-0.2, -0.15) is 0 Å². The van der Waals surface area contributed by atoms with Crippen LogP contribution in [0.25, 0.3) is 0 Å². The zero-order valence-corrected chi connectivity index (χ0v) is 12.1. The number of fused-ring (bicyclic) bond motifs is 1. The summed E-state index contributed by atoms with van der Waals surface area (Å²) in [4.78, 5) is 0. The van der Waals surface area contributed by atoms with Crippen molar-refractivity contribution >= 4 is 0 Å². The van der Waals surface area contributed by atoms with Crippen LogP contribution in [0.4, 0.5) is 0 Å². The Morgan fingerprint density at radius 1 is 1.06 bits per heavy atom. The summed E-state index contributed by atoms with van der Waals surface area (Å²) in [5, 5.41) is 30.6. The first-order valence-corrected chi connectivity index (χ1v) is 7.17. The van der Waals surface area contributed by atoms with E-state index in [1.165, 1.54) is 0 Å². The van der Waals surface area contributed by atoms with Crippen LogP contribution in [0, 0.1) is 22.7 Å². The van der Waals surface area contributed by atoms with E-state index in [1.54, 1.807) is 0 Å². The van der Waals surface area contributed by atoms with E-state index in [1.807, 2.05) is 6.92 Å². The molecule has 0 aromatic carbocycles. The van der Waals surface area contributed by atoms with Gasteiger partial charge in [0.1, 0.15) is 0 Å². The molecule has 0 bridgehead atoms. The third-order valence-electron chi connectivity index (χ3n) is 6.18. The average molecular weight is 256 g/mol. The highest BCUT2D eigenvalue weighted by molar-refractivity contribution is 5.09. The van der Waals surface area contributed by atoms with Gasteiger partial charge in [-0.15, -0.1) is 0 Å². The van der Waals surface area contributed by atoms with Crippen molar-refractivity contribution in [2.24, 2.45) is 22.7 Å². The van der Waals surface area contributed by atoms with Crippen LogP contribution >= 0.6 is 0 Å². The number of hydrogen-bond donors (Lipinski definition) is 3. The number of hydrogen-bond acceptors (Lipinski definition) is 3. The summed E-state index contributed by atoms with van der Waals surface area (Å²) in [6, 6.07) is 0. The lowest BCUT2D eigenvalue weighted by molar-refractivity contribution is -0.202. The monoisotopic (exact) mass is 256 g/mol. The first kappa shape index (κ1) is 14.3. The van der Waals surface area contributed by atoms with Gasteiger partial charge in [0.05, 0.1) is 11.7 Å². The molecular weight excluding hydrogens is 228 g/mol. The second kappa shape index (κ2) is 4.19. The van der Waals surface area contributed by atoms with E-state index in [0.29, 0.717) is 12.3 Å². The first-order valence-electron chi connectivity index (χ1n) is 7.17. The minimum atomic E-state index is -0.779. The van der Waals surface area contributed by atoms with Crippen LogP contribution in [0.2, 0.25) is 0 Å². The molecule has 2 aliphatic carbocycles. The molecule has 2 aliphatic rings. The largest absolute Gasteiger partial charge is 0.396 e. The molecule has 0 aromatic heterocycles. The van der Waals surface area contributed by atoms with E-state index in [9.17, 15) is 15.3 Å². The molecule has 2 saturated carbocycles. The summed E-state index contributed by atoms with van der Waals surface area (Å²) < 4.78 is 0. The van der Waals surface area contributed by atoms with Gasteiger partial charge in [0.15, 0.2) is 0 Å². The van der Waals surface area contributed by atoms with Crippen LogP contribution < -0.4 is 0 Å². The zero-order chi connectivity index (χ0) is 13.8. The average Bonchev–Trinajstić information content (AvgIpc) is 2.23. The van der Waals surface area contributed by atoms with Gasteiger partial charge in [-0.3, -0.25) is 0 Å². The molecule has 0 spiro atoms. The number of aliphatic hydroxyl groups excluding tert-OH is 2. The van der Waals surface area contributed by atoms with E-state index in [4.69, 9.17) is 0 Å². The van der Waals surface area contributed by atoms with Crippen molar-refractivity contribution in [1.82, 2.24) is 0 Å². The smallest absolute Gasteiger partial charge is 0.0675 e. The van der Waals surface area contributed by atoms with Gasteiger partial charge in [-0.25, -0.2) is 0 Å². The summed E-state index contributed by atoms with van der Waals surface area (Å²) in [6.45, 7) is 8.35. The standard InChI is InChI=1S/C15H28O3/c1-13(2)10-5-8-15(4,18)11(9-16)14(10,3)7-6-12(13)17/h10-12,16-18H,5-9H2,1-4H3/t10?,11-,12+,14+,15-/m1/s1. The van der Waals surface area contributed by atoms with Crippen molar-refractivity contribution < 1.29 is 15.3 Å². The maximum atomic E-state index is 10.6. The van der Waals surface area contributed by atoms with E-state index in [2.05, 4.69) is 20.8 Å². The molecular formula is C15H28O3. The predicted octanol–water partition coefficient (Wildman–Crippen LogP) is 1.94. The highest BCUT2D eigenvalue weighted by Crippen LogP contribution is 2.61. The Morgan fingerprint density at radius 3 is 2.22 bits per heavy atom. The van der Waals surface area contributed by atoms with Gasteiger partial charge >= 0.3 is 0 Å². The molecule has 1 unspecified atom stereocenters. The molecule has 0 amide bonds. The molecule has 2 fully saturated rings. The quantitative estimate of drug-likeness (QED) is 0.672. The summed E-state index contributed by atoms with van der Waals surface area (Å²) >= 11 is 0. The van der Waals surface area contributed by atoms with Crippen LogP contribution in [0.15, 0.2) is 0 Å². The SMILES string of the molecule is CC1(C)C2CC[C@@](C)(O)[C@H](CO)[C@@]2(C)CC[C@@H]1O. The Bertz CT molecular complexity index is 324. The lowest BCUT2D eigenvalue weighted by Gasteiger charge is -2.61. The fraction of sp³-hybridized carbons (Fsp3) is 1.00. The van der Waals surface area contributed by atoms with Gasteiger partial charge in [0.2, 0.25) is 0 Å². The summed E-state index contributed by atoms with van der Waals surface area (Å²) in [6.07, 6.45) is 3.05. The van der Waals surface area contributed by atoms with Gasteiger partial charge in [0, 0.05) is 12.5 Å². The normalized spacial score (nSPS) is 51.8. The van der Waals surface area contributed by atoms with E-state index in [0.717, 1.165) is 19.3 Å². The fourth-order valence-corrected chi connectivity index (χ4v) is 4.92. The van der Waals surface area contributed by atoms with E-state index < -0.39 is 5.60 Å². The van der Waals surface area contributed by atoms with Crippen LogP contribution in [0.1, 0.15) is 53.4 Å². The Hall–Kier alpha value is -0.120. The van der Waals surface area contributed by atoms with E-state index >= 15 is 0 Å². The highest BCUT2D eigenvalue weighted by atomic mass is 16.3. The Balaban J connectivity index is 2.39. The Labute approximate surface area is 110 Å². The third kappa shape index (κ3) is 1.83. The van der Waals surface area contributed by atoms with Crippen LogP contribution in [-0.2, 0) is 0 Å². The molecule has 5 atom stereocenters. The molecule has 18 heavy (non-hydrogen) atoms. The maximum Gasteiger partial charge on any atom is 0.0675 e. The van der Waals surface area contributed by atoms with Crippen molar-refractivity contribution in [3.8, 4) is 0 Å². The zero-order valence-electron chi connectivity index (χ0n) is 12.1. The van der Waals surface area contributed by atoms with Crippen molar-refractivity contribution in [1.29, 1.82) is 0 Å². The lowest BCUT2D eigenvalue weighted by Crippen LogP contribution is -2.61. The third-order valence-corrected chi connectivity index (χ3v) is 6.18. The molecule has 0 heterocycles. The molecule has 3 N–H and O–H groups in total. The summed E-state index contributed by atoms with van der Waals surface area (Å²) in [7, 11) is 0. The minimum Gasteiger partial charge on any atom is -0.396 e. The van der Waals surface area contributed by atoms with Crippen LogP contribution in [-0.4, -0.2) is 33.6 Å². The second-order valence-electron chi connectivity index (χ2n) is 7.57. The number of aliphatic hydroxyl groups is 3. The second-order valence-corrected chi connectivity index (χ2v) is 7.57. The van der Waals surface area contributed by atoms with Gasteiger partial charge < -0.3 is 15.3 Å². The predicted molar refractivity (Wildman–Crippen MR) is 71.1 cm³/mol. The molecule has 0 saturated heterocycles. The van der Waals surface area contributed by atoms with Crippen LogP contribution in [0.5, 0.6) is 0 Å². The van der Waals surface area contributed by atoms with Crippen molar-refractivity contribution in [3.63, 3.8) is 0 Å². The summed E-state index contributed by atoms with van der Waals surface area (Å²) in [5.74, 6) is 0.279. The van der Waals surface area contributed by atoms with Crippen LogP contribution in [0.3, 0.4) is 0 Å². The Morgan fingerprint density at radius 2 is 1.67 bits per heavy atom. The highest BCUT2D eigenvalue weighted by Gasteiger charge is 2.59. The fourth-order valence-electron chi connectivity index (χ4n) is 4.92. The van der Waals surface area contributed by atoms with Gasteiger partial charge in [-0.1, -0.05) is 20.8 Å². The molecule has 3 heteroatoms. The summed E-state index contributed by atoms with van der Waals surface area (Å²) in [5.41, 5.74) is -0.978. The lowest BCUT2D eigenvalue weighted by atomic mass is 9.45. The Kier molecular flexibility index (Phi) is 3.33. The van der Waals surface area contributed by atoms with Crippen molar-refractivity contribution in [3.05, 3.63) is 0 Å². The van der Waals surface area contributed by atoms with Crippen molar-refractivity contribution in [2.75, 3.05) is 6.61 Å². The molecule has 0 aliphatic heterocycles. The molecule has 0 aromatic rings. The maximum absolute atomic E-state index is 10.6.